The minimum absolute atomic E-state index is 0.216. The first kappa shape index (κ1) is 20.3. The average molecular weight is 382 g/mol. The van der Waals surface area contributed by atoms with E-state index >= 15 is 0 Å². The number of nitrogens with one attached hydrogen (secondary N) is 2. The molecule has 1 aromatic carbocycles. The SMILES string of the molecule is CCOc1ccc(/C=C/C(=O)NS(=O)(=O)CNC2CCCC2)cc1OC. The van der Waals surface area contributed by atoms with Crippen molar-refractivity contribution in [1.29, 1.82) is 0 Å². The summed E-state index contributed by atoms with van der Waals surface area (Å²) in [5, 5.41) is 2.98. The Morgan fingerprint density at radius 2 is 2.00 bits per heavy atom. The van der Waals surface area contributed by atoms with Crippen molar-refractivity contribution >= 4 is 22.0 Å². The molecule has 0 heterocycles. The third kappa shape index (κ3) is 6.34. The topological polar surface area (TPSA) is 93.7 Å². The van der Waals surface area contributed by atoms with Crippen LogP contribution in [-0.4, -0.2) is 40.0 Å². The lowest BCUT2D eigenvalue weighted by Gasteiger charge is -2.12. The molecule has 7 nitrogen and oxygen atoms in total. The van der Waals surface area contributed by atoms with Crippen LogP contribution in [0.2, 0.25) is 0 Å². The molecule has 2 rings (SSSR count). The van der Waals surface area contributed by atoms with Crippen molar-refractivity contribution in [2.45, 2.75) is 38.6 Å². The van der Waals surface area contributed by atoms with Crippen molar-refractivity contribution in [3.63, 3.8) is 0 Å². The van der Waals surface area contributed by atoms with Gasteiger partial charge in [0, 0.05) is 12.1 Å². The fraction of sp³-hybridized carbons (Fsp3) is 0.500. The van der Waals surface area contributed by atoms with Crippen LogP contribution in [0, 0.1) is 0 Å². The van der Waals surface area contributed by atoms with Crippen LogP contribution >= 0.6 is 0 Å². The minimum Gasteiger partial charge on any atom is -0.493 e. The third-order valence-electron chi connectivity index (χ3n) is 4.09. The zero-order chi connectivity index (χ0) is 19.0. The zero-order valence-corrected chi connectivity index (χ0v) is 16.0. The van der Waals surface area contributed by atoms with Crippen molar-refractivity contribution in [3.8, 4) is 11.5 Å². The van der Waals surface area contributed by atoms with Gasteiger partial charge in [0.25, 0.3) is 5.91 Å². The molecular weight excluding hydrogens is 356 g/mol. The smallest absolute Gasteiger partial charge is 0.257 e. The van der Waals surface area contributed by atoms with Crippen molar-refractivity contribution in [2.75, 3.05) is 19.6 Å². The largest absolute Gasteiger partial charge is 0.493 e. The molecule has 0 atom stereocenters. The number of sulfonamides is 1. The molecule has 0 bridgehead atoms. The number of carbonyl (C=O) groups is 1. The highest BCUT2D eigenvalue weighted by Crippen LogP contribution is 2.28. The maximum Gasteiger partial charge on any atom is 0.257 e. The summed E-state index contributed by atoms with van der Waals surface area (Å²) in [6.07, 6.45) is 6.87. The molecule has 26 heavy (non-hydrogen) atoms. The Kier molecular flexibility index (Phi) is 7.47. The standard InChI is InChI=1S/C18H26N2O5S/c1-3-25-16-10-8-14(12-17(16)24-2)9-11-18(21)20-26(22,23)13-19-15-6-4-5-7-15/h8-12,15,19H,3-7,13H2,1-2H3,(H,20,21)/b11-9+. The van der Waals surface area contributed by atoms with E-state index in [-0.39, 0.29) is 11.9 Å². The van der Waals surface area contributed by atoms with E-state index in [0.717, 1.165) is 25.7 Å². The van der Waals surface area contributed by atoms with Crippen LogP contribution in [0.3, 0.4) is 0 Å². The van der Waals surface area contributed by atoms with Gasteiger partial charge in [-0.3, -0.25) is 10.1 Å². The van der Waals surface area contributed by atoms with Gasteiger partial charge in [0.2, 0.25) is 10.0 Å². The highest BCUT2D eigenvalue weighted by Gasteiger charge is 2.19. The second kappa shape index (κ2) is 9.59. The van der Waals surface area contributed by atoms with Crippen molar-refractivity contribution < 1.29 is 22.7 Å². The van der Waals surface area contributed by atoms with Crippen LogP contribution in [0.15, 0.2) is 24.3 Å². The lowest BCUT2D eigenvalue weighted by Crippen LogP contribution is -2.39. The average Bonchev–Trinajstić information content (AvgIpc) is 3.13. The number of methoxy groups -OCH3 is 1. The molecule has 8 heteroatoms. The van der Waals surface area contributed by atoms with Gasteiger partial charge in [0.1, 0.15) is 5.88 Å². The molecule has 1 saturated carbocycles. The predicted octanol–water partition coefficient (Wildman–Crippen LogP) is 2.04. The zero-order valence-electron chi connectivity index (χ0n) is 15.2. The first-order valence-corrected chi connectivity index (χ1v) is 10.4. The Balaban J connectivity index is 1.91. The molecule has 1 amide bonds. The number of hydrogen-bond donors (Lipinski definition) is 2. The van der Waals surface area contributed by atoms with Gasteiger partial charge in [-0.2, -0.15) is 0 Å². The molecule has 0 unspecified atom stereocenters. The van der Waals surface area contributed by atoms with Gasteiger partial charge in [-0.05, 0) is 43.5 Å². The molecule has 1 aliphatic rings. The molecule has 1 aromatic rings. The van der Waals surface area contributed by atoms with Crippen LogP contribution in [0.25, 0.3) is 6.08 Å². The van der Waals surface area contributed by atoms with Crippen LogP contribution < -0.4 is 19.5 Å². The van der Waals surface area contributed by atoms with E-state index in [1.54, 1.807) is 18.2 Å². The lowest BCUT2D eigenvalue weighted by molar-refractivity contribution is -0.114. The summed E-state index contributed by atoms with van der Waals surface area (Å²) in [4.78, 5) is 11.9. The third-order valence-corrected chi connectivity index (χ3v) is 5.15. The summed E-state index contributed by atoms with van der Waals surface area (Å²) in [5.41, 5.74) is 0.696. The van der Waals surface area contributed by atoms with Gasteiger partial charge in [0.05, 0.1) is 13.7 Å². The maximum absolute atomic E-state index is 12.0. The van der Waals surface area contributed by atoms with Gasteiger partial charge in [-0.15, -0.1) is 0 Å². The molecule has 0 aliphatic heterocycles. The monoisotopic (exact) mass is 382 g/mol. The number of carbonyl (C=O) groups excluding carboxylic acids is 1. The molecule has 1 fully saturated rings. The van der Waals surface area contributed by atoms with E-state index in [1.165, 1.54) is 19.3 Å². The number of hydrogen-bond acceptors (Lipinski definition) is 6. The van der Waals surface area contributed by atoms with Crippen molar-refractivity contribution in [1.82, 2.24) is 10.0 Å². The van der Waals surface area contributed by atoms with Crippen molar-refractivity contribution in [3.05, 3.63) is 29.8 Å². The Bertz CT molecular complexity index is 740. The van der Waals surface area contributed by atoms with Gasteiger partial charge in [-0.25, -0.2) is 13.1 Å². The first-order chi connectivity index (χ1) is 12.4. The van der Waals surface area contributed by atoms with Crippen LogP contribution in [-0.2, 0) is 14.8 Å². The molecule has 2 N–H and O–H groups in total. The van der Waals surface area contributed by atoms with E-state index in [4.69, 9.17) is 9.47 Å². The van der Waals surface area contributed by atoms with Gasteiger partial charge in [0.15, 0.2) is 11.5 Å². The molecule has 0 radical (unpaired) electrons. The fourth-order valence-corrected chi connectivity index (χ4v) is 3.72. The van der Waals surface area contributed by atoms with E-state index < -0.39 is 15.9 Å². The Hall–Kier alpha value is -2.06. The first-order valence-electron chi connectivity index (χ1n) is 8.70. The van der Waals surface area contributed by atoms with E-state index in [2.05, 4.69) is 5.32 Å². The number of rotatable bonds is 9. The van der Waals surface area contributed by atoms with Crippen LogP contribution in [0.1, 0.15) is 38.2 Å². The normalized spacial score (nSPS) is 15.3. The van der Waals surface area contributed by atoms with Gasteiger partial charge < -0.3 is 9.47 Å². The van der Waals surface area contributed by atoms with E-state index in [9.17, 15) is 13.2 Å². The van der Waals surface area contributed by atoms with Gasteiger partial charge >= 0.3 is 0 Å². The minimum atomic E-state index is -3.71. The highest BCUT2D eigenvalue weighted by atomic mass is 32.2. The van der Waals surface area contributed by atoms with Gasteiger partial charge in [-0.1, -0.05) is 18.9 Å². The molecular formula is C18H26N2O5S. The molecule has 0 spiro atoms. The van der Waals surface area contributed by atoms with E-state index in [1.807, 2.05) is 11.6 Å². The second-order valence-electron chi connectivity index (χ2n) is 6.09. The number of benzene rings is 1. The summed E-state index contributed by atoms with van der Waals surface area (Å²) in [5.74, 6) is 0.208. The van der Waals surface area contributed by atoms with Crippen LogP contribution in [0.4, 0.5) is 0 Å². The van der Waals surface area contributed by atoms with Crippen molar-refractivity contribution in [2.24, 2.45) is 0 Å². The summed E-state index contributed by atoms with van der Waals surface area (Å²) in [6.45, 7) is 2.39. The molecule has 144 valence electrons. The highest BCUT2D eigenvalue weighted by molar-refractivity contribution is 7.90. The summed E-state index contributed by atoms with van der Waals surface area (Å²) in [6, 6.07) is 5.43. The lowest BCUT2D eigenvalue weighted by atomic mass is 10.2. The summed E-state index contributed by atoms with van der Waals surface area (Å²) < 4.78 is 36.6. The quantitative estimate of drug-likeness (QED) is 0.635. The Morgan fingerprint density at radius 3 is 2.65 bits per heavy atom. The molecule has 0 aromatic heterocycles. The molecule has 0 saturated heterocycles. The van der Waals surface area contributed by atoms with Crippen LogP contribution in [0.5, 0.6) is 11.5 Å². The number of ether oxygens (including phenoxy) is 2. The summed E-state index contributed by atoms with van der Waals surface area (Å²) in [7, 11) is -2.18. The second-order valence-corrected chi connectivity index (χ2v) is 7.81. The molecule has 1 aliphatic carbocycles. The maximum atomic E-state index is 12.0. The number of amides is 1. The van der Waals surface area contributed by atoms with E-state index in [0.29, 0.717) is 23.7 Å². The Labute approximate surface area is 154 Å². The fourth-order valence-electron chi connectivity index (χ4n) is 2.82. The summed E-state index contributed by atoms with van der Waals surface area (Å²) >= 11 is 0. The Morgan fingerprint density at radius 1 is 1.27 bits per heavy atom. The predicted molar refractivity (Wildman–Crippen MR) is 101 cm³/mol.